The summed E-state index contributed by atoms with van der Waals surface area (Å²) in [6.45, 7) is 8.36. The van der Waals surface area contributed by atoms with E-state index >= 15 is 0 Å². The van der Waals surface area contributed by atoms with E-state index in [9.17, 15) is 4.79 Å². The SMILES string of the molecule is C=C/C=C\C=C\COC(=O)c1cc(OC/C=C/CCC=C)c(Br)c(OCC2C=CC=CC2)c1. The van der Waals surface area contributed by atoms with E-state index < -0.39 is 5.97 Å². The van der Waals surface area contributed by atoms with Gasteiger partial charge >= 0.3 is 5.97 Å². The zero-order valence-corrected chi connectivity index (χ0v) is 20.4. The van der Waals surface area contributed by atoms with Gasteiger partial charge in [-0.25, -0.2) is 4.79 Å². The monoisotopic (exact) mass is 510 g/mol. The highest BCUT2D eigenvalue weighted by molar-refractivity contribution is 9.10. The summed E-state index contributed by atoms with van der Waals surface area (Å²) >= 11 is 3.57. The van der Waals surface area contributed by atoms with Crippen LogP contribution in [0.4, 0.5) is 0 Å². The molecule has 1 aromatic rings. The van der Waals surface area contributed by atoms with Crippen LogP contribution in [0.15, 0.2) is 103 Å². The number of unbranched alkanes of at least 4 members (excludes halogenated alkanes) is 1. The van der Waals surface area contributed by atoms with Gasteiger partial charge in [-0.3, -0.25) is 0 Å². The van der Waals surface area contributed by atoms with Crippen LogP contribution >= 0.6 is 15.9 Å². The largest absolute Gasteiger partial charge is 0.492 e. The molecule has 1 atom stereocenters. The molecule has 0 aromatic heterocycles. The molecule has 0 spiro atoms. The van der Waals surface area contributed by atoms with Crippen LogP contribution in [-0.2, 0) is 4.74 Å². The van der Waals surface area contributed by atoms with Crippen LogP contribution in [0.5, 0.6) is 11.5 Å². The van der Waals surface area contributed by atoms with E-state index in [4.69, 9.17) is 14.2 Å². The number of esters is 1. The highest BCUT2D eigenvalue weighted by Crippen LogP contribution is 2.37. The van der Waals surface area contributed by atoms with E-state index in [1.165, 1.54) is 0 Å². The van der Waals surface area contributed by atoms with Crippen LogP contribution in [0.3, 0.4) is 0 Å². The second-order valence-electron chi connectivity index (χ2n) is 7.20. The van der Waals surface area contributed by atoms with Crippen molar-refractivity contribution in [1.29, 1.82) is 0 Å². The third-order valence-corrected chi connectivity index (χ3v) is 5.39. The smallest absolute Gasteiger partial charge is 0.338 e. The standard InChI is InChI=1S/C28H31BrO4/c1-3-5-7-9-14-18-31-25-20-24(28(30)32-19-15-10-8-6-4-2)21-26(27(25)29)33-22-23-16-12-11-13-17-23/h3-4,6,8-16,20-21,23H,1-2,5,7,17-19,22H2/b8-6-,14-9+,15-10+. The number of carbonyl (C=O) groups is 1. The summed E-state index contributed by atoms with van der Waals surface area (Å²) in [5, 5.41) is 0. The molecule has 1 aromatic carbocycles. The second kappa shape index (κ2) is 15.7. The Morgan fingerprint density at radius 1 is 1.00 bits per heavy atom. The van der Waals surface area contributed by atoms with Gasteiger partial charge in [0.05, 0.1) is 12.2 Å². The van der Waals surface area contributed by atoms with Crippen molar-refractivity contribution < 1.29 is 19.0 Å². The topological polar surface area (TPSA) is 44.8 Å². The molecule has 1 aliphatic carbocycles. The molecule has 0 aliphatic heterocycles. The van der Waals surface area contributed by atoms with Crippen molar-refractivity contribution in [1.82, 2.24) is 0 Å². The summed E-state index contributed by atoms with van der Waals surface area (Å²) < 4.78 is 18.0. The predicted molar refractivity (Wildman–Crippen MR) is 139 cm³/mol. The van der Waals surface area contributed by atoms with Crippen LogP contribution < -0.4 is 9.47 Å². The molecule has 1 aliphatic rings. The quantitative estimate of drug-likeness (QED) is 0.114. The van der Waals surface area contributed by atoms with Gasteiger partial charge in [-0.2, -0.15) is 0 Å². The summed E-state index contributed by atoms with van der Waals surface area (Å²) in [5.74, 6) is 0.902. The maximum absolute atomic E-state index is 12.6. The van der Waals surface area contributed by atoms with Crippen molar-refractivity contribution in [3.8, 4) is 11.5 Å². The highest BCUT2D eigenvalue weighted by Gasteiger charge is 2.17. The van der Waals surface area contributed by atoms with E-state index in [2.05, 4.69) is 41.2 Å². The van der Waals surface area contributed by atoms with Crippen LogP contribution in [0.2, 0.25) is 0 Å². The number of halogens is 1. The summed E-state index contributed by atoms with van der Waals surface area (Å²) in [5.41, 5.74) is 0.368. The Balaban J connectivity index is 2.11. The predicted octanol–water partition coefficient (Wildman–Crippen LogP) is 7.32. The molecule has 0 fully saturated rings. The van der Waals surface area contributed by atoms with Gasteiger partial charge in [0, 0.05) is 5.92 Å². The molecule has 0 amide bonds. The minimum absolute atomic E-state index is 0.161. The zero-order chi connectivity index (χ0) is 23.7. The van der Waals surface area contributed by atoms with E-state index in [0.717, 1.165) is 19.3 Å². The molecule has 0 saturated heterocycles. The van der Waals surface area contributed by atoms with Crippen molar-refractivity contribution in [3.63, 3.8) is 0 Å². The third-order valence-electron chi connectivity index (χ3n) is 4.61. The maximum Gasteiger partial charge on any atom is 0.338 e. The minimum Gasteiger partial charge on any atom is -0.492 e. The number of carbonyl (C=O) groups excluding carboxylic acids is 1. The Labute approximate surface area is 205 Å². The molecule has 174 valence electrons. The van der Waals surface area contributed by atoms with Gasteiger partial charge in [0.25, 0.3) is 0 Å². The van der Waals surface area contributed by atoms with E-state index in [1.54, 1.807) is 36.4 Å². The first-order valence-electron chi connectivity index (χ1n) is 11.0. The number of ether oxygens (including phenoxy) is 3. The van der Waals surface area contributed by atoms with Gasteiger partial charge in [-0.05, 0) is 53.4 Å². The summed E-state index contributed by atoms with van der Waals surface area (Å²) in [6.07, 6.45) is 25.7. The minimum atomic E-state index is -0.448. The Bertz CT molecular complexity index is 937. The molecule has 0 saturated carbocycles. The lowest BCUT2D eigenvalue weighted by Gasteiger charge is -2.17. The van der Waals surface area contributed by atoms with Gasteiger partial charge in [0.15, 0.2) is 0 Å². The molecule has 5 heteroatoms. The molecule has 0 bridgehead atoms. The van der Waals surface area contributed by atoms with Crippen molar-refractivity contribution in [2.24, 2.45) is 5.92 Å². The lowest BCUT2D eigenvalue weighted by atomic mass is 10.0. The molecule has 0 radical (unpaired) electrons. The number of hydrogen-bond acceptors (Lipinski definition) is 4. The van der Waals surface area contributed by atoms with Crippen molar-refractivity contribution in [2.45, 2.75) is 19.3 Å². The molecule has 1 unspecified atom stereocenters. The van der Waals surface area contributed by atoms with Crippen LogP contribution in [-0.4, -0.2) is 25.8 Å². The van der Waals surface area contributed by atoms with Crippen molar-refractivity contribution in [3.05, 3.63) is 108 Å². The lowest BCUT2D eigenvalue weighted by Crippen LogP contribution is -2.12. The molecular weight excluding hydrogens is 480 g/mol. The fraction of sp³-hybridized carbons (Fsp3) is 0.250. The average Bonchev–Trinajstić information content (AvgIpc) is 2.84. The molecule has 0 heterocycles. The fourth-order valence-corrected chi connectivity index (χ4v) is 3.33. The van der Waals surface area contributed by atoms with Crippen molar-refractivity contribution >= 4 is 21.9 Å². The van der Waals surface area contributed by atoms with Crippen molar-refractivity contribution in [2.75, 3.05) is 19.8 Å². The maximum atomic E-state index is 12.6. The van der Waals surface area contributed by atoms with Gasteiger partial charge < -0.3 is 14.2 Å². The lowest BCUT2D eigenvalue weighted by molar-refractivity contribution is 0.0548. The van der Waals surface area contributed by atoms with Gasteiger partial charge in [-0.1, -0.05) is 73.4 Å². The molecule has 33 heavy (non-hydrogen) atoms. The first-order valence-corrected chi connectivity index (χ1v) is 11.7. The molecule has 0 N–H and O–H groups in total. The normalized spacial score (nSPS) is 15.4. The summed E-state index contributed by atoms with van der Waals surface area (Å²) in [7, 11) is 0. The molecule has 4 nitrogen and oxygen atoms in total. The summed E-state index contributed by atoms with van der Waals surface area (Å²) in [6, 6.07) is 3.35. The Hall–Kier alpha value is -3.05. The Morgan fingerprint density at radius 3 is 2.55 bits per heavy atom. The number of rotatable bonds is 14. The highest BCUT2D eigenvalue weighted by atomic mass is 79.9. The average molecular weight is 511 g/mol. The van der Waals surface area contributed by atoms with Gasteiger partial charge in [0.1, 0.15) is 29.2 Å². The number of benzene rings is 1. The van der Waals surface area contributed by atoms with Crippen LogP contribution in [0.1, 0.15) is 29.6 Å². The fourth-order valence-electron chi connectivity index (χ4n) is 2.87. The van der Waals surface area contributed by atoms with Gasteiger partial charge in [0.2, 0.25) is 0 Å². The number of hydrogen-bond donors (Lipinski definition) is 0. The molecular formula is C28H31BrO4. The van der Waals surface area contributed by atoms with E-state index in [1.807, 2.05) is 36.5 Å². The van der Waals surface area contributed by atoms with E-state index in [0.29, 0.717) is 34.7 Å². The third kappa shape index (κ3) is 9.96. The zero-order valence-electron chi connectivity index (χ0n) is 18.8. The van der Waals surface area contributed by atoms with Gasteiger partial charge in [-0.15, -0.1) is 6.58 Å². The summed E-state index contributed by atoms with van der Waals surface area (Å²) in [4.78, 5) is 12.6. The second-order valence-corrected chi connectivity index (χ2v) is 7.99. The van der Waals surface area contributed by atoms with Crippen LogP contribution in [0, 0.1) is 5.92 Å². The van der Waals surface area contributed by atoms with E-state index in [-0.39, 0.29) is 12.5 Å². The first-order chi connectivity index (χ1) is 16.2. The number of allylic oxidation sites excluding steroid dienone is 9. The first kappa shape index (κ1) is 26.2. The Kier molecular flexibility index (Phi) is 12.5. The van der Waals surface area contributed by atoms with Crippen LogP contribution in [0.25, 0.3) is 0 Å². The molecule has 2 rings (SSSR count). The Morgan fingerprint density at radius 2 is 1.82 bits per heavy atom.